The van der Waals surface area contributed by atoms with Crippen LogP contribution in [0, 0.1) is 5.82 Å². The van der Waals surface area contributed by atoms with Crippen LogP contribution in [0.25, 0.3) is 0 Å². The first-order valence-electron chi connectivity index (χ1n) is 8.01. The van der Waals surface area contributed by atoms with Gasteiger partial charge in [-0.3, -0.25) is 9.69 Å². The number of pyridine rings is 1. The van der Waals surface area contributed by atoms with Crippen LogP contribution in [0.5, 0.6) is 5.75 Å². The van der Waals surface area contributed by atoms with E-state index in [-0.39, 0.29) is 17.0 Å². The predicted octanol–water partition coefficient (Wildman–Crippen LogP) is 2.73. The molecular formula is C18H21FN2O2. The highest BCUT2D eigenvalue weighted by atomic mass is 19.1. The zero-order chi connectivity index (χ0) is 16.2. The highest BCUT2D eigenvalue weighted by Crippen LogP contribution is 2.15. The standard InChI is InChI=1S/C18H21FN2O2/c19-15-6-4-14(5-7-15)11-21-13-18(23)17(22)10-16(21)12-20-8-2-1-3-9-20/h4-7,10,13,23H,1-3,8-9,11-12H2. The van der Waals surface area contributed by atoms with Crippen molar-refractivity contribution in [2.45, 2.75) is 32.4 Å². The average Bonchev–Trinajstić information content (AvgIpc) is 2.55. The molecule has 1 aliphatic heterocycles. The van der Waals surface area contributed by atoms with Crippen molar-refractivity contribution in [1.29, 1.82) is 0 Å². The molecule has 3 rings (SSSR count). The van der Waals surface area contributed by atoms with Crippen LogP contribution in [-0.2, 0) is 13.1 Å². The number of rotatable bonds is 4. The van der Waals surface area contributed by atoms with Gasteiger partial charge in [0.05, 0.1) is 6.20 Å². The molecule has 1 aliphatic rings. The molecule has 0 aliphatic carbocycles. The maximum atomic E-state index is 13.0. The SMILES string of the molecule is O=c1cc(CN2CCCCC2)n(Cc2ccc(F)cc2)cc1O. The normalized spacial score (nSPS) is 15.7. The third kappa shape index (κ3) is 3.99. The van der Waals surface area contributed by atoms with Crippen molar-refractivity contribution < 1.29 is 9.50 Å². The van der Waals surface area contributed by atoms with Crippen LogP contribution in [0.3, 0.4) is 0 Å². The molecule has 0 spiro atoms. The monoisotopic (exact) mass is 316 g/mol. The summed E-state index contributed by atoms with van der Waals surface area (Å²) in [6.45, 7) is 3.26. The Bertz CT molecular complexity index is 719. The van der Waals surface area contributed by atoms with Crippen LogP contribution < -0.4 is 5.43 Å². The van der Waals surface area contributed by atoms with Crippen LogP contribution in [-0.4, -0.2) is 27.7 Å². The van der Waals surface area contributed by atoms with Crippen LogP contribution in [0.1, 0.15) is 30.5 Å². The van der Waals surface area contributed by atoms with Gasteiger partial charge in [-0.05, 0) is 43.6 Å². The predicted molar refractivity (Wildman–Crippen MR) is 87.0 cm³/mol. The Morgan fingerprint density at radius 1 is 1.04 bits per heavy atom. The molecule has 1 aromatic carbocycles. The fraction of sp³-hybridized carbons (Fsp3) is 0.389. The molecule has 0 amide bonds. The van der Waals surface area contributed by atoms with Gasteiger partial charge in [0.2, 0.25) is 5.43 Å². The van der Waals surface area contributed by atoms with Gasteiger partial charge in [0.1, 0.15) is 5.82 Å². The van der Waals surface area contributed by atoms with Gasteiger partial charge in [0, 0.05) is 24.8 Å². The molecule has 2 aromatic rings. The fourth-order valence-electron chi connectivity index (χ4n) is 3.02. The number of hydrogen-bond donors (Lipinski definition) is 1. The van der Waals surface area contributed by atoms with Crippen molar-refractivity contribution in [1.82, 2.24) is 9.47 Å². The second kappa shape index (κ2) is 6.96. The molecule has 5 heteroatoms. The molecule has 0 bridgehead atoms. The summed E-state index contributed by atoms with van der Waals surface area (Å²) < 4.78 is 14.9. The molecule has 23 heavy (non-hydrogen) atoms. The Balaban J connectivity index is 1.86. The zero-order valence-electron chi connectivity index (χ0n) is 13.0. The Kier molecular flexibility index (Phi) is 4.76. The second-order valence-electron chi connectivity index (χ2n) is 6.11. The van der Waals surface area contributed by atoms with E-state index in [9.17, 15) is 14.3 Å². The van der Waals surface area contributed by atoms with Crippen molar-refractivity contribution in [2.24, 2.45) is 0 Å². The van der Waals surface area contributed by atoms with Gasteiger partial charge in [-0.15, -0.1) is 0 Å². The Morgan fingerprint density at radius 3 is 2.43 bits per heavy atom. The van der Waals surface area contributed by atoms with Gasteiger partial charge < -0.3 is 9.67 Å². The first kappa shape index (κ1) is 15.7. The summed E-state index contributed by atoms with van der Waals surface area (Å²) in [5, 5.41) is 9.75. The van der Waals surface area contributed by atoms with E-state index in [0.717, 1.165) is 24.3 Å². The molecule has 0 unspecified atom stereocenters. The lowest BCUT2D eigenvalue weighted by Gasteiger charge is -2.27. The fourth-order valence-corrected chi connectivity index (χ4v) is 3.02. The van der Waals surface area contributed by atoms with E-state index in [2.05, 4.69) is 4.90 Å². The van der Waals surface area contributed by atoms with Crippen LogP contribution >= 0.6 is 0 Å². The van der Waals surface area contributed by atoms with E-state index >= 15 is 0 Å². The minimum absolute atomic E-state index is 0.255. The summed E-state index contributed by atoms with van der Waals surface area (Å²) in [6, 6.07) is 7.78. The van der Waals surface area contributed by atoms with Gasteiger partial charge in [-0.1, -0.05) is 18.6 Å². The molecule has 4 nitrogen and oxygen atoms in total. The number of nitrogens with zero attached hydrogens (tertiary/aromatic N) is 2. The number of piperidine rings is 1. The lowest BCUT2D eigenvalue weighted by Crippen LogP contribution is -2.31. The van der Waals surface area contributed by atoms with Crippen molar-refractivity contribution in [2.75, 3.05) is 13.1 Å². The third-order valence-electron chi connectivity index (χ3n) is 4.30. The molecule has 1 saturated heterocycles. The number of benzene rings is 1. The minimum Gasteiger partial charge on any atom is -0.503 e. The number of likely N-dealkylation sites (tertiary alicyclic amines) is 1. The lowest BCUT2D eigenvalue weighted by atomic mass is 10.1. The van der Waals surface area contributed by atoms with Gasteiger partial charge in [0.25, 0.3) is 0 Å². The van der Waals surface area contributed by atoms with E-state index in [0.29, 0.717) is 13.1 Å². The smallest absolute Gasteiger partial charge is 0.223 e. The van der Waals surface area contributed by atoms with E-state index in [4.69, 9.17) is 0 Å². The van der Waals surface area contributed by atoms with Crippen LogP contribution in [0.2, 0.25) is 0 Å². The number of aromatic hydroxyl groups is 1. The summed E-state index contributed by atoms with van der Waals surface area (Å²) >= 11 is 0. The summed E-state index contributed by atoms with van der Waals surface area (Å²) in [6.07, 6.45) is 5.10. The molecule has 2 heterocycles. The van der Waals surface area contributed by atoms with Gasteiger partial charge in [-0.2, -0.15) is 0 Å². The number of hydrogen-bond acceptors (Lipinski definition) is 3. The molecular weight excluding hydrogens is 295 g/mol. The molecule has 0 radical (unpaired) electrons. The summed E-state index contributed by atoms with van der Waals surface area (Å²) in [5.74, 6) is -0.528. The maximum absolute atomic E-state index is 13.0. The van der Waals surface area contributed by atoms with Gasteiger partial charge >= 0.3 is 0 Å². The van der Waals surface area contributed by atoms with E-state index in [1.165, 1.54) is 43.7 Å². The Labute approximate surface area is 134 Å². The lowest BCUT2D eigenvalue weighted by molar-refractivity contribution is 0.215. The van der Waals surface area contributed by atoms with Crippen molar-refractivity contribution in [3.8, 4) is 5.75 Å². The highest BCUT2D eigenvalue weighted by molar-refractivity contribution is 5.23. The molecule has 0 atom stereocenters. The molecule has 1 N–H and O–H groups in total. The quantitative estimate of drug-likeness (QED) is 0.943. The maximum Gasteiger partial charge on any atom is 0.223 e. The number of halogens is 1. The summed E-state index contributed by atoms with van der Waals surface area (Å²) in [7, 11) is 0. The topological polar surface area (TPSA) is 45.5 Å². The first-order chi connectivity index (χ1) is 11.1. The van der Waals surface area contributed by atoms with E-state index in [1.54, 1.807) is 12.1 Å². The van der Waals surface area contributed by atoms with Gasteiger partial charge in [0.15, 0.2) is 5.75 Å². The van der Waals surface area contributed by atoms with Crippen molar-refractivity contribution in [3.05, 3.63) is 63.8 Å². The zero-order valence-corrected chi connectivity index (χ0v) is 13.0. The van der Waals surface area contributed by atoms with Crippen LogP contribution in [0.15, 0.2) is 41.3 Å². The van der Waals surface area contributed by atoms with E-state index in [1.807, 2.05) is 4.57 Å². The van der Waals surface area contributed by atoms with Crippen LogP contribution in [0.4, 0.5) is 4.39 Å². The minimum atomic E-state index is -0.354. The molecule has 1 aromatic heterocycles. The average molecular weight is 316 g/mol. The summed E-state index contributed by atoms with van der Waals surface area (Å²) in [5.41, 5.74) is 1.45. The van der Waals surface area contributed by atoms with E-state index < -0.39 is 0 Å². The molecule has 0 saturated carbocycles. The Hall–Kier alpha value is -2.14. The Morgan fingerprint density at radius 2 is 1.74 bits per heavy atom. The number of aromatic nitrogens is 1. The summed E-state index contributed by atoms with van der Waals surface area (Å²) in [4.78, 5) is 14.1. The second-order valence-corrected chi connectivity index (χ2v) is 6.11. The third-order valence-corrected chi connectivity index (χ3v) is 4.30. The van der Waals surface area contributed by atoms with Gasteiger partial charge in [-0.25, -0.2) is 4.39 Å². The van der Waals surface area contributed by atoms with Crippen molar-refractivity contribution >= 4 is 0 Å². The van der Waals surface area contributed by atoms with Crippen molar-refractivity contribution in [3.63, 3.8) is 0 Å². The molecule has 1 fully saturated rings. The largest absolute Gasteiger partial charge is 0.503 e. The first-order valence-corrected chi connectivity index (χ1v) is 8.01. The molecule has 122 valence electrons. The highest BCUT2D eigenvalue weighted by Gasteiger charge is 2.14.